The van der Waals surface area contributed by atoms with Gasteiger partial charge in [-0.3, -0.25) is 9.59 Å². The van der Waals surface area contributed by atoms with Crippen LogP contribution in [0.25, 0.3) is 0 Å². The number of carbonyl (C=O) groups excluding carboxylic acids is 2. The van der Waals surface area contributed by atoms with Crippen LogP contribution in [0.15, 0.2) is 83.3 Å². The van der Waals surface area contributed by atoms with Crippen LogP contribution in [-0.2, 0) is 4.79 Å². The highest BCUT2D eigenvalue weighted by Crippen LogP contribution is 2.17. The Hall–Kier alpha value is -3.12. The fraction of sp³-hybridized carbons (Fsp3) is 0.0476. The highest BCUT2D eigenvalue weighted by Gasteiger charge is 2.07. The van der Waals surface area contributed by atoms with Gasteiger partial charge in [0.1, 0.15) is 0 Å². The Labute approximate surface area is 165 Å². The Morgan fingerprint density at radius 1 is 0.741 bits per heavy atom. The van der Waals surface area contributed by atoms with Crippen LogP contribution in [0.1, 0.15) is 10.4 Å². The molecule has 0 saturated heterocycles. The summed E-state index contributed by atoms with van der Waals surface area (Å²) in [5.74, 6) is -0.378. The summed E-state index contributed by atoms with van der Waals surface area (Å²) in [6, 6.07) is 23.6. The Balaban J connectivity index is 1.57. The first-order chi connectivity index (χ1) is 13.1. The van der Waals surface area contributed by atoms with E-state index in [9.17, 15) is 9.59 Å². The van der Waals surface area contributed by atoms with Crippen molar-refractivity contribution in [3.8, 4) is 0 Å². The molecule has 0 aliphatic carbocycles. The van der Waals surface area contributed by atoms with Crippen molar-refractivity contribution < 1.29 is 9.59 Å². The summed E-state index contributed by atoms with van der Waals surface area (Å²) in [7, 11) is 0. The predicted octanol–water partition coefficient (Wildman–Crippen LogP) is 4.75. The SMILES string of the molecule is O=C(CNc1cccc(Br)c1)Nc1cccc(NC(=O)c2ccccc2)c1. The van der Waals surface area contributed by atoms with Crippen molar-refractivity contribution in [1.29, 1.82) is 0 Å². The van der Waals surface area contributed by atoms with Gasteiger partial charge in [0.15, 0.2) is 0 Å². The molecule has 0 aliphatic rings. The van der Waals surface area contributed by atoms with Crippen LogP contribution >= 0.6 is 15.9 Å². The lowest BCUT2D eigenvalue weighted by atomic mass is 10.2. The normalized spacial score (nSPS) is 10.1. The number of carbonyl (C=O) groups is 2. The number of halogens is 1. The maximum Gasteiger partial charge on any atom is 0.255 e. The average Bonchev–Trinajstić information content (AvgIpc) is 2.67. The third kappa shape index (κ3) is 5.69. The quantitative estimate of drug-likeness (QED) is 0.535. The average molecular weight is 424 g/mol. The van der Waals surface area contributed by atoms with Gasteiger partial charge in [-0.2, -0.15) is 0 Å². The fourth-order valence-corrected chi connectivity index (χ4v) is 2.85. The summed E-state index contributed by atoms with van der Waals surface area (Å²) < 4.78 is 0.940. The van der Waals surface area contributed by atoms with Crippen molar-refractivity contribution in [2.75, 3.05) is 22.5 Å². The first kappa shape index (κ1) is 18.7. The topological polar surface area (TPSA) is 70.2 Å². The Kier molecular flexibility index (Phi) is 6.22. The standard InChI is InChI=1S/C21H18BrN3O2/c22-16-8-4-9-17(12-16)23-14-20(26)24-18-10-5-11-19(13-18)25-21(27)15-6-2-1-3-7-15/h1-13,23H,14H2,(H,24,26)(H,25,27). The molecule has 0 aliphatic heterocycles. The number of amides is 2. The van der Waals surface area contributed by atoms with E-state index in [2.05, 4.69) is 31.9 Å². The molecule has 0 unspecified atom stereocenters. The Morgan fingerprint density at radius 2 is 1.41 bits per heavy atom. The zero-order chi connectivity index (χ0) is 19.1. The van der Waals surface area contributed by atoms with Crippen LogP contribution in [0.3, 0.4) is 0 Å². The zero-order valence-corrected chi connectivity index (χ0v) is 16.0. The summed E-state index contributed by atoms with van der Waals surface area (Å²) >= 11 is 3.39. The van der Waals surface area contributed by atoms with Crippen molar-refractivity contribution >= 4 is 44.8 Å². The molecule has 3 aromatic rings. The van der Waals surface area contributed by atoms with Gasteiger partial charge < -0.3 is 16.0 Å². The third-order valence-electron chi connectivity index (χ3n) is 3.72. The smallest absolute Gasteiger partial charge is 0.255 e. The summed E-state index contributed by atoms with van der Waals surface area (Å²) in [6.07, 6.45) is 0. The molecule has 2 amide bonds. The van der Waals surface area contributed by atoms with Crippen LogP contribution in [0, 0.1) is 0 Å². The van der Waals surface area contributed by atoms with E-state index in [-0.39, 0.29) is 18.4 Å². The van der Waals surface area contributed by atoms with Crippen molar-refractivity contribution in [3.05, 3.63) is 88.9 Å². The lowest BCUT2D eigenvalue weighted by Gasteiger charge is -2.10. The predicted molar refractivity (Wildman–Crippen MR) is 112 cm³/mol. The van der Waals surface area contributed by atoms with Gasteiger partial charge in [0, 0.05) is 27.1 Å². The van der Waals surface area contributed by atoms with Gasteiger partial charge in [0.05, 0.1) is 6.54 Å². The lowest BCUT2D eigenvalue weighted by Crippen LogP contribution is -2.21. The molecule has 0 saturated carbocycles. The minimum Gasteiger partial charge on any atom is -0.376 e. The highest BCUT2D eigenvalue weighted by molar-refractivity contribution is 9.10. The highest BCUT2D eigenvalue weighted by atomic mass is 79.9. The number of nitrogens with one attached hydrogen (secondary N) is 3. The summed E-state index contributed by atoms with van der Waals surface area (Å²) in [6.45, 7) is 0.136. The summed E-state index contributed by atoms with van der Waals surface area (Å²) in [5.41, 5.74) is 2.65. The largest absolute Gasteiger partial charge is 0.376 e. The van der Waals surface area contributed by atoms with E-state index < -0.39 is 0 Å². The molecule has 0 spiro atoms. The van der Waals surface area contributed by atoms with Gasteiger partial charge in [0.2, 0.25) is 5.91 Å². The zero-order valence-electron chi connectivity index (χ0n) is 14.4. The number of rotatable bonds is 6. The van der Waals surface area contributed by atoms with E-state index in [1.165, 1.54) is 0 Å². The number of benzene rings is 3. The molecule has 0 heterocycles. The summed E-state index contributed by atoms with van der Waals surface area (Å²) in [5, 5.41) is 8.70. The van der Waals surface area contributed by atoms with Gasteiger partial charge >= 0.3 is 0 Å². The monoisotopic (exact) mass is 423 g/mol. The molecule has 27 heavy (non-hydrogen) atoms. The minimum atomic E-state index is -0.199. The second kappa shape index (κ2) is 9.00. The maximum atomic E-state index is 12.2. The van der Waals surface area contributed by atoms with E-state index in [1.807, 2.05) is 42.5 Å². The van der Waals surface area contributed by atoms with Crippen LogP contribution in [-0.4, -0.2) is 18.4 Å². The van der Waals surface area contributed by atoms with E-state index in [4.69, 9.17) is 0 Å². The molecule has 0 radical (unpaired) electrons. The van der Waals surface area contributed by atoms with Gasteiger partial charge in [-0.15, -0.1) is 0 Å². The first-order valence-corrected chi connectivity index (χ1v) is 9.15. The molecular weight excluding hydrogens is 406 g/mol. The van der Waals surface area contributed by atoms with Crippen LogP contribution in [0.4, 0.5) is 17.1 Å². The fourth-order valence-electron chi connectivity index (χ4n) is 2.45. The van der Waals surface area contributed by atoms with Gasteiger partial charge in [-0.05, 0) is 48.5 Å². The van der Waals surface area contributed by atoms with Crippen molar-refractivity contribution in [3.63, 3.8) is 0 Å². The molecule has 6 heteroatoms. The number of hydrogen-bond donors (Lipinski definition) is 3. The number of hydrogen-bond acceptors (Lipinski definition) is 3. The molecule has 3 rings (SSSR count). The second-order valence-electron chi connectivity index (χ2n) is 5.81. The molecular formula is C21H18BrN3O2. The van der Waals surface area contributed by atoms with E-state index in [0.29, 0.717) is 16.9 Å². The first-order valence-electron chi connectivity index (χ1n) is 8.36. The lowest BCUT2D eigenvalue weighted by molar-refractivity contribution is -0.114. The van der Waals surface area contributed by atoms with Crippen LogP contribution in [0.5, 0.6) is 0 Å². The molecule has 5 nitrogen and oxygen atoms in total. The van der Waals surface area contributed by atoms with Gasteiger partial charge in [-0.1, -0.05) is 46.3 Å². The van der Waals surface area contributed by atoms with E-state index in [0.717, 1.165) is 10.2 Å². The van der Waals surface area contributed by atoms with Crippen molar-refractivity contribution in [2.24, 2.45) is 0 Å². The van der Waals surface area contributed by atoms with Crippen LogP contribution in [0.2, 0.25) is 0 Å². The Morgan fingerprint density at radius 3 is 2.15 bits per heavy atom. The van der Waals surface area contributed by atoms with Gasteiger partial charge in [-0.25, -0.2) is 0 Å². The molecule has 0 bridgehead atoms. The van der Waals surface area contributed by atoms with Crippen LogP contribution < -0.4 is 16.0 Å². The van der Waals surface area contributed by atoms with Crippen molar-refractivity contribution in [1.82, 2.24) is 0 Å². The Bertz CT molecular complexity index is 945. The second-order valence-corrected chi connectivity index (χ2v) is 6.73. The molecule has 0 aromatic heterocycles. The van der Waals surface area contributed by atoms with E-state index >= 15 is 0 Å². The maximum absolute atomic E-state index is 12.2. The molecule has 136 valence electrons. The number of anilines is 3. The summed E-state index contributed by atoms with van der Waals surface area (Å²) in [4.78, 5) is 24.4. The van der Waals surface area contributed by atoms with Gasteiger partial charge in [0.25, 0.3) is 5.91 Å². The molecule has 3 aromatic carbocycles. The van der Waals surface area contributed by atoms with Crippen molar-refractivity contribution in [2.45, 2.75) is 0 Å². The molecule has 0 atom stereocenters. The third-order valence-corrected chi connectivity index (χ3v) is 4.21. The minimum absolute atomic E-state index is 0.136. The molecule has 0 fully saturated rings. The van der Waals surface area contributed by atoms with E-state index in [1.54, 1.807) is 36.4 Å². The molecule has 3 N–H and O–H groups in total.